The number of carbonyl (C=O) groups excluding carboxylic acids is 2. The van der Waals surface area contributed by atoms with Crippen molar-refractivity contribution in [3.63, 3.8) is 0 Å². The average molecular weight is 451 g/mol. The van der Waals surface area contributed by atoms with Gasteiger partial charge in [-0.1, -0.05) is 25.1 Å². The highest BCUT2D eigenvalue weighted by Crippen LogP contribution is 2.34. The maximum atomic E-state index is 13.9. The number of hydrogen-bond acceptors (Lipinski definition) is 4. The molecule has 0 bridgehead atoms. The number of rotatable bonds is 6. The van der Waals surface area contributed by atoms with Crippen molar-refractivity contribution in [2.24, 2.45) is 0 Å². The molecule has 7 nitrogen and oxygen atoms in total. The van der Waals surface area contributed by atoms with Crippen LogP contribution in [0.3, 0.4) is 0 Å². The number of nitrogens with one attached hydrogen (secondary N) is 1. The lowest BCUT2D eigenvalue weighted by Crippen LogP contribution is -2.51. The summed E-state index contributed by atoms with van der Waals surface area (Å²) in [6.45, 7) is 7.08. The zero-order valence-corrected chi connectivity index (χ0v) is 18.4. The molecular weight excluding hydrogens is 423 g/mol. The van der Waals surface area contributed by atoms with Crippen LogP contribution in [0, 0.1) is 6.92 Å². The van der Waals surface area contributed by atoms with E-state index in [0.29, 0.717) is 18.7 Å². The Morgan fingerprint density at radius 1 is 1.16 bits per heavy atom. The van der Waals surface area contributed by atoms with Gasteiger partial charge in [-0.05, 0) is 31.9 Å². The van der Waals surface area contributed by atoms with E-state index in [4.69, 9.17) is 0 Å². The van der Waals surface area contributed by atoms with Gasteiger partial charge in [0.25, 0.3) is 5.91 Å². The van der Waals surface area contributed by atoms with Gasteiger partial charge < -0.3 is 10.2 Å². The van der Waals surface area contributed by atoms with Gasteiger partial charge >= 0.3 is 6.18 Å². The molecule has 1 atom stereocenters. The molecule has 0 saturated carbocycles. The molecule has 1 N–H and O–H groups in total. The summed E-state index contributed by atoms with van der Waals surface area (Å²) in [7, 11) is 0. The van der Waals surface area contributed by atoms with Crippen molar-refractivity contribution in [3.8, 4) is 5.69 Å². The first-order chi connectivity index (χ1) is 15.1. The number of para-hydroxylation sites is 1. The molecule has 1 unspecified atom stereocenters. The average Bonchev–Trinajstić information content (AvgIpc) is 3.19. The summed E-state index contributed by atoms with van der Waals surface area (Å²) in [4.78, 5) is 28.3. The summed E-state index contributed by atoms with van der Waals surface area (Å²) in [5.74, 6) is -0.807. The first-order valence-corrected chi connectivity index (χ1v) is 10.6. The Balaban J connectivity index is 1.74. The number of benzene rings is 1. The smallest absolute Gasteiger partial charge is 0.353 e. The summed E-state index contributed by atoms with van der Waals surface area (Å²) < 4.78 is 42.6. The number of halogens is 3. The largest absolute Gasteiger partial charge is 0.434 e. The first kappa shape index (κ1) is 23.8. The van der Waals surface area contributed by atoms with Crippen LogP contribution in [0.25, 0.3) is 5.69 Å². The molecule has 1 fully saturated rings. The van der Waals surface area contributed by atoms with Crippen molar-refractivity contribution in [2.75, 3.05) is 32.7 Å². The van der Waals surface area contributed by atoms with E-state index in [1.165, 1.54) is 11.0 Å². The molecular formula is C22H28F3N5O2. The fourth-order valence-corrected chi connectivity index (χ4v) is 3.67. The van der Waals surface area contributed by atoms with Crippen LogP contribution in [0.5, 0.6) is 0 Å². The summed E-state index contributed by atoms with van der Waals surface area (Å²) >= 11 is 0. The SMILES string of the molecule is CCC(C)NC(=O)CN1CCN(C(=O)c2cnn(-c3ccccc3C)c2C(F)(F)F)CC1. The predicted octanol–water partition coefficient (Wildman–Crippen LogP) is 2.87. The second kappa shape index (κ2) is 9.72. The van der Waals surface area contributed by atoms with Crippen LogP contribution in [-0.4, -0.2) is 70.2 Å². The van der Waals surface area contributed by atoms with Gasteiger partial charge in [-0.2, -0.15) is 18.3 Å². The van der Waals surface area contributed by atoms with E-state index in [2.05, 4.69) is 10.4 Å². The highest BCUT2D eigenvalue weighted by molar-refractivity contribution is 5.95. The summed E-state index contributed by atoms with van der Waals surface area (Å²) in [5.41, 5.74) is -0.656. The second-order valence-electron chi connectivity index (χ2n) is 8.05. The standard InChI is InChI=1S/C22H28F3N5O2/c1-4-16(3)27-19(31)14-28-9-11-29(12-10-28)21(32)17-13-26-30(20(17)22(23,24)25)18-8-6-5-7-15(18)2/h5-8,13,16H,4,9-12,14H2,1-3H3,(H,27,31). The Morgan fingerprint density at radius 3 is 2.41 bits per heavy atom. The number of hydrogen-bond donors (Lipinski definition) is 1. The van der Waals surface area contributed by atoms with Gasteiger partial charge in [-0.25, -0.2) is 4.68 Å². The highest BCUT2D eigenvalue weighted by Gasteiger charge is 2.42. The number of amides is 2. The molecule has 0 spiro atoms. The van der Waals surface area contributed by atoms with Crippen molar-refractivity contribution in [2.45, 2.75) is 39.4 Å². The molecule has 32 heavy (non-hydrogen) atoms. The second-order valence-corrected chi connectivity index (χ2v) is 8.05. The minimum Gasteiger partial charge on any atom is -0.353 e. The maximum Gasteiger partial charge on any atom is 0.434 e. The molecule has 10 heteroatoms. The van der Waals surface area contributed by atoms with Crippen molar-refractivity contribution in [1.29, 1.82) is 0 Å². The lowest BCUT2D eigenvalue weighted by molar-refractivity contribution is -0.143. The number of aromatic nitrogens is 2. The maximum absolute atomic E-state index is 13.9. The van der Waals surface area contributed by atoms with E-state index in [0.717, 1.165) is 17.3 Å². The Hall–Kier alpha value is -2.88. The van der Waals surface area contributed by atoms with Gasteiger partial charge in [0.1, 0.15) is 0 Å². The Bertz CT molecular complexity index is 965. The monoisotopic (exact) mass is 451 g/mol. The van der Waals surface area contributed by atoms with Gasteiger partial charge in [0, 0.05) is 32.2 Å². The molecule has 1 aliphatic rings. The van der Waals surface area contributed by atoms with Crippen LogP contribution in [0.4, 0.5) is 13.2 Å². The van der Waals surface area contributed by atoms with E-state index >= 15 is 0 Å². The van der Waals surface area contributed by atoms with Gasteiger partial charge in [-0.3, -0.25) is 14.5 Å². The van der Waals surface area contributed by atoms with Crippen LogP contribution in [-0.2, 0) is 11.0 Å². The van der Waals surface area contributed by atoms with Crippen LogP contribution in [0.15, 0.2) is 30.5 Å². The summed E-state index contributed by atoms with van der Waals surface area (Å²) in [6.07, 6.45) is -2.94. The van der Waals surface area contributed by atoms with Crippen molar-refractivity contribution < 1.29 is 22.8 Å². The van der Waals surface area contributed by atoms with Crippen molar-refractivity contribution in [1.82, 2.24) is 24.9 Å². The van der Waals surface area contributed by atoms with Crippen LogP contribution in [0.1, 0.15) is 41.9 Å². The zero-order chi connectivity index (χ0) is 23.5. The first-order valence-electron chi connectivity index (χ1n) is 10.6. The number of piperazine rings is 1. The van der Waals surface area contributed by atoms with E-state index in [1.807, 2.05) is 18.7 Å². The Kier molecular flexibility index (Phi) is 7.22. The van der Waals surface area contributed by atoms with Gasteiger partial charge in [0.2, 0.25) is 5.91 Å². The van der Waals surface area contributed by atoms with E-state index in [-0.39, 0.29) is 37.3 Å². The van der Waals surface area contributed by atoms with Crippen molar-refractivity contribution >= 4 is 11.8 Å². The molecule has 0 radical (unpaired) electrons. The summed E-state index contributed by atoms with van der Waals surface area (Å²) in [6, 6.07) is 6.66. The van der Waals surface area contributed by atoms with Crippen molar-refractivity contribution in [3.05, 3.63) is 47.3 Å². The van der Waals surface area contributed by atoms with Crippen LogP contribution >= 0.6 is 0 Å². The molecule has 2 heterocycles. The third-order valence-electron chi connectivity index (χ3n) is 5.66. The zero-order valence-electron chi connectivity index (χ0n) is 18.4. The Morgan fingerprint density at radius 2 is 1.81 bits per heavy atom. The molecule has 3 rings (SSSR count). The normalized spacial score (nSPS) is 16.1. The molecule has 1 aromatic heterocycles. The van der Waals surface area contributed by atoms with E-state index in [1.54, 1.807) is 25.1 Å². The third kappa shape index (κ3) is 5.29. The minimum absolute atomic E-state index is 0.0796. The van der Waals surface area contributed by atoms with E-state index in [9.17, 15) is 22.8 Å². The fraction of sp³-hybridized carbons (Fsp3) is 0.500. The molecule has 174 valence electrons. The topological polar surface area (TPSA) is 70.5 Å². The number of aryl methyl sites for hydroxylation is 1. The van der Waals surface area contributed by atoms with Gasteiger partial charge in [0.05, 0.1) is 24.0 Å². The number of carbonyl (C=O) groups is 2. The molecule has 1 aromatic carbocycles. The number of alkyl halides is 3. The fourth-order valence-electron chi connectivity index (χ4n) is 3.67. The van der Waals surface area contributed by atoms with E-state index < -0.39 is 23.3 Å². The lowest BCUT2D eigenvalue weighted by atomic mass is 10.1. The quantitative estimate of drug-likeness (QED) is 0.733. The molecule has 2 aromatic rings. The molecule has 1 saturated heterocycles. The molecule has 1 aliphatic heterocycles. The summed E-state index contributed by atoms with van der Waals surface area (Å²) in [5, 5.41) is 6.79. The lowest BCUT2D eigenvalue weighted by Gasteiger charge is -2.34. The Labute approximate surface area is 185 Å². The molecule has 2 amide bonds. The minimum atomic E-state index is -4.75. The highest BCUT2D eigenvalue weighted by atomic mass is 19.4. The third-order valence-corrected chi connectivity index (χ3v) is 5.66. The number of nitrogens with zero attached hydrogens (tertiary/aromatic N) is 4. The van der Waals surface area contributed by atoms with Crippen LogP contribution < -0.4 is 5.32 Å². The van der Waals surface area contributed by atoms with Gasteiger partial charge in [-0.15, -0.1) is 0 Å². The van der Waals surface area contributed by atoms with Crippen LogP contribution in [0.2, 0.25) is 0 Å². The molecule has 0 aliphatic carbocycles. The predicted molar refractivity (Wildman–Crippen MR) is 114 cm³/mol. The van der Waals surface area contributed by atoms with Gasteiger partial charge in [0.15, 0.2) is 5.69 Å².